The molecule has 0 amide bonds. The summed E-state index contributed by atoms with van der Waals surface area (Å²) in [5, 5.41) is 20.4. The van der Waals surface area contributed by atoms with Crippen LogP contribution in [0.3, 0.4) is 0 Å². The number of nitro benzene ring substituents is 1. The summed E-state index contributed by atoms with van der Waals surface area (Å²) in [5.74, 6) is 0. The Balaban J connectivity index is 2.10. The summed E-state index contributed by atoms with van der Waals surface area (Å²) >= 11 is 0. The number of nitrogens with one attached hydrogen (secondary N) is 1. The van der Waals surface area contributed by atoms with Crippen molar-refractivity contribution in [2.45, 2.75) is 19.0 Å². The lowest BCUT2D eigenvalue weighted by Gasteiger charge is -2.08. The van der Waals surface area contributed by atoms with Gasteiger partial charge in [0.1, 0.15) is 0 Å². The van der Waals surface area contributed by atoms with Gasteiger partial charge < -0.3 is 5.32 Å². The average Bonchev–Trinajstić information content (AvgIpc) is 2.82. The van der Waals surface area contributed by atoms with Gasteiger partial charge in [-0.2, -0.15) is 13.2 Å². The number of nitrogens with zero attached hydrogens (tertiary/aromatic N) is 3. The molecule has 0 aliphatic carbocycles. The molecule has 0 bridgehead atoms. The van der Waals surface area contributed by atoms with E-state index in [1.165, 1.54) is 12.1 Å². The van der Waals surface area contributed by atoms with E-state index in [2.05, 4.69) is 20.3 Å². The number of aromatic nitrogens is 2. The van der Waals surface area contributed by atoms with Crippen molar-refractivity contribution in [3.05, 3.63) is 22.2 Å². The van der Waals surface area contributed by atoms with E-state index in [9.17, 15) is 23.3 Å². The zero-order valence-electron chi connectivity index (χ0n) is 9.98. The topological polar surface area (TPSA) is 94.1 Å². The zero-order chi connectivity index (χ0) is 14.8. The van der Waals surface area contributed by atoms with Crippen molar-refractivity contribution in [2.75, 3.05) is 11.9 Å². The Morgan fingerprint density at radius 2 is 2.00 bits per heavy atom. The van der Waals surface area contributed by atoms with Crippen LogP contribution in [0.25, 0.3) is 11.0 Å². The predicted molar refractivity (Wildman–Crippen MR) is 62.2 cm³/mol. The van der Waals surface area contributed by atoms with Crippen molar-refractivity contribution >= 4 is 22.4 Å². The van der Waals surface area contributed by atoms with Gasteiger partial charge in [0.05, 0.1) is 10.6 Å². The van der Waals surface area contributed by atoms with Gasteiger partial charge in [0.25, 0.3) is 0 Å². The monoisotopic (exact) mass is 290 g/mol. The molecule has 0 spiro atoms. The third-order valence-corrected chi connectivity index (χ3v) is 2.54. The third-order valence-electron chi connectivity index (χ3n) is 2.54. The van der Waals surface area contributed by atoms with Gasteiger partial charge in [-0.15, -0.1) is 0 Å². The van der Waals surface area contributed by atoms with Gasteiger partial charge in [-0.3, -0.25) is 10.1 Å². The molecule has 7 nitrogen and oxygen atoms in total. The zero-order valence-corrected chi connectivity index (χ0v) is 9.98. The Bertz CT molecular complexity index is 626. The summed E-state index contributed by atoms with van der Waals surface area (Å²) < 4.78 is 40.4. The summed E-state index contributed by atoms with van der Waals surface area (Å²) in [5.41, 5.74) is 0.137. The first-order valence-corrected chi connectivity index (χ1v) is 5.59. The van der Waals surface area contributed by atoms with Crippen molar-refractivity contribution in [2.24, 2.45) is 0 Å². The van der Waals surface area contributed by atoms with Crippen LogP contribution < -0.4 is 5.32 Å². The molecule has 0 radical (unpaired) electrons. The molecule has 0 atom stereocenters. The maximum Gasteiger partial charge on any atom is 0.389 e. The highest BCUT2D eigenvalue weighted by Gasteiger charge is 2.26. The van der Waals surface area contributed by atoms with Crippen LogP contribution in [0, 0.1) is 10.1 Å². The van der Waals surface area contributed by atoms with E-state index in [1.54, 1.807) is 0 Å². The fourth-order valence-electron chi connectivity index (χ4n) is 1.66. The predicted octanol–water partition coefficient (Wildman–Crippen LogP) is 2.89. The highest BCUT2D eigenvalue weighted by atomic mass is 19.4. The Morgan fingerprint density at radius 1 is 1.30 bits per heavy atom. The largest absolute Gasteiger partial charge is 0.389 e. The molecule has 0 aliphatic rings. The summed E-state index contributed by atoms with van der Waals surface area (Å²) in [6.45, 7) is 0.0548. The van der Waals surface area contributed by atoms with Crippen molar-refractivity contribution in [3.63, 3.8) is 0 Å². The Labute approximate surface area is 109 Å². The van der Waals surface area contributed by atoms with Crippen LogP contribution in [0.2, 0.25) is 0 Å². The maximum atomic E-state index is 12.0. The molecule has 1 aromatic carbocycles. The third kappa shape index (κ3) is 3.13. The lowest BCUT2D eigenvalue weighted by atomic mass is 10.2. The van der Waals surface area contributed by atoms with E-state index in [1.807, 2.05) is 0 Å². The van der Waals surface area contributed by atoms with Crippen LogP contribution >= 0.6 is 0 Å². The molecule has 1 N–H and O–H groups in total. The molecule has 1 aromatic heterocycles. The second-order valence-corrected chi connectivity index (χ2v) is 4.00. The number of benzene rings is 1. The normalized spacial score (nSPS) is 11.8. The molecular formula is C10H9F3N4O3. The van der Waals surface area contributed by atoms with Crippen LogP contribution in [0.5, 0.6) is 0 Å². The Hall–Kier alpha value is -2.39. The number of hydrogen-bond donors (Lipinski definition) is 1. The SMILES string of the molecule is O=[N+]([O-])c1ccc(NCCCC(F)(F)F)c2nonc12. The van der Waals surface area contributed by atoms with Gasteiger partial charge in [0, 0.05) is 19.0 Å². The molecule has 0 saturated heterocycles. The van der Waals surface area contributed by atoms with Gasteiger partial charge in [0.2, 0.25) is 5.52 Å². The van der Waals surface area contributed by atoms with Crippen LogP contribution in [0.15, 0.2) is 16.8 Å². The molecule has 108 valence electrons. The molecule has 0 saturated carbocycles. The van der Waals surface area contributed by atoms with Crippen LogP contribution in [-0.4, -0.2) is 28.0 Å². The van der Waals surface area contributed by atoms with E-state index < -0.39 is 17.5 Å². The molecule has 0 unspecified atom stereocenters. The first-order valence-electron chi connectivity index (χ1n) is 5.59. The van der Waals surface area contributed by atoms with E-state index in [0.717, 1.165) is 0 Å². The summed E-state index contributed by atoms with van der Waals surface area (Å²) in [6, 6.07) is 2.55. The smallest absolute Gasteiger partial charge is 0.383 e. The fourth-order valence-corrected chi connectivity index (χ4v) is 1.66. The number of nitro groups is 1. The number of rotatable bonds is 5. The maximum absolute atomic E-state index is 12.0. The molecular weight excluding hydrogens is 281 g/mol. The number of halogens is 3. The van der Waals surface area contributed by atoms with Crippen LogP contribution in [-0.2, 0) is 0 Å². The van der Waals surface area contributed by atoms with Crippen LogP contribution in [0.1, 0.15) is 12.8 Å². The molecule has 1 heterocycles. The number of anilines is 1. The molecule has 2 rings (SSSR count). The standard InChI is InChI=1S/C10H9F3N4O3/c11-10(12,13)4-1-5-14-6-2-3-7(17(18)19)9-8(6)15-20-16-9/h2-3,14H,1,4-5H2. The number of non-ortho nitro benzene ring substituents is 1. The van der Waals surface area contributed by atoms with E-state index in [4.69, 9.17) is 0 Å². The minimum absolute atomic E-state index is 0.0455. The Morgan fingerprint density at radius 3 is 2.65 bits per heavy atom. The Kier molecular flexibility index (Phi) is 3.72. The molecule has 2 aromatic rings. The second kappa shape index (κ2) is 5.31. The van der Waals surface area contributed by atoms with Gasteiger partial charge in [0.15, 0.2) is 5.52 Å². The second-order valence-electron chi connectivity index (χ2n) is 4.00. The van der Waals surface area contributed by atoms with Gasteiger partial charge in [-0.05, 0) is 22.8 Å². The van der Waals surface area contributed by atoms with E-state index in [0.29, 0.717) is 5.69 Å². The number of fused-ring (bicyclic) bond motifs is 1. The van der Waals surface area contributed by atoms with E-state index in [-0.39, 0.29) is 29.7 Å². The fraction of sp³-hybridized carbons (Fsp3) is 0.400. The minimum atomic E-state index is -4.21. The average molecular weight is 290 g/mol. The molecule has 0 aliphatic heterocycles. The molecule has 0 fully saturated rings. The van der Waals surface area contributed by atoms with Crippen molar-refractivity contribution < 1.29 is 22.7 Å². The number of hydrogen-bond acceptors (Lipinski definition) is 6. The quantitative estimate of drug-likeness (QED) is 0.517. The lowest BCUT2D eigenvalue weighted by Crippen LogP contribution is -2.11. The highest BCUT2D eigenvalue weighted by Crippen LogP contribution is 2.29. The minimum Gasteiger partial charge on any atom is -0.383 e. The molecule has 20 heavy (non-hydrogen) atoms. The highest BCUT2D eigenvalue weighted by molar-refractivity contribution is 5.93. The number of alkyl halides is 3. The lowest BCUT2D eigenvalue weighted by molar-refractivity contribution is -0.383. The van der Waals surface area contributed by atoms with Crippen molar-refractivity contribution in [1.29, 1.82) is 0 Å². The molecule has 10 heteroatoms. The summed E-state index contributed by atoms with van der Waals surface area (Å²) in [6.07, 6.45) is -5.23. The van der Waals surface area contributed by atoms with Crippen molar-refractivity contribution in [3.8, 4) is 0 Å². The van der Waals surface area contributed by atoms with Crippen LogP contribution in [0.4, 0.5) is 24.5 Å². The van der Waals surface area contributed by atoms with Gasteiger partial charge in [-0.1, -0.05) is 0 Å². The van der Waals surface area contributed by atoms with Crippen molar-refractivity contribution in [1.82, 2.24) is 10.3 Å². The first-order chi connectivity index (χ1) is 9.38. The summed E-state index contributed by atoms with van der Waals surface area (Å²) in [4.78, 5) is 10.1. The summed E-state index contributed by atoms with van der Waals surface area (Å²) in [7, 11) is 0. The van der Waals surface area contributed by atoms with Gasteiger partial charge >= 0.3 is 11.9 Å². The first kappa shape index (κ1) is 14.0. The van der Waals surface area contributed by atoms with Gasteiger partial charge in [-0.25, -0.2) is 4.63 Å². The van der Waals surface area contributed by atoms with E-state index >= 15 is 0 Å².